The van der Waals surface area contributed by atoms with Crippen LogP contribution in [0.5, 0.6) is 0 Å². The first-order valence-corrected chi connectivity index (χ1v) is 14.5. The van der Waals surface area contributed by atoms with Crippen LogP contribution in [0, 0.1) is 63.5 Å². The SMILES string of the molecule is CN(CCCCN1C(=O)c2ccc3c4c(ccc(c24)C1=O)C(=O)N(CCCCN(C)[C]1[CH][CH][CH][CH]1)C3=O)[C]1[CH][CH][CH][CH]1. The lowest BCUT2D eigenvalue weighted by Crippen LogP contribution is -2.44. The van der Waals surface area contributed by atoms with E-state index >= 15 is 0 Å². The van der Waals surface area contributed by atoms with Gasteiger partial charge in [0.1, 0.15) is 0 Å². The van der Waals surface area contributed by atoms with E-state index in [1.165, 1.54) is 9.80 Å². The molecule has 2 aliphatic carbocycles. The third kappa shape index (κ3) is 5.28. The Morgan fingerprint density at radius 3 is 1.12 bits per heavy atom. The predicted molar refractivity (Wildman–Crippen MR) is 159 cm³/mol. The molecular formula is C34H34N4O4. The second kappa shape index (κ2) is 12.3. The highest BCUT2D eigenvalue weighted by atomic mass is 16.2. The molecule has 10 radical (unpaired) electrons. The van der Waals surface area contributed by atoms with Gasteiger partial charge in [0.2, 0.25) is 0 Å². The average molecular weight is 563 g/mol. The summed E-state index contributed by atoms with van der Waals surface area (Å²) in [4.78, 5) is 60.9. The highest BCUT2D eigenvalue weighted by Crippen LogP contribution is 2.38. The Morgan fingerprint density at radius 1 is 0.500 bits per heavy atom. The normalized spacial score (nSPS) is 19.5. The van der Waals surface area contributed by atoms with E-state index in [0.717, 1.165) is 38.0 Å². The smallest absolute Gasteiger partial charge is 0.261 e. The lowest BCUT2D eigenvalue weighted by molar-refractivity contribution is 0.0585. The van der Waals surface area contributed by atoms with Crippen LogP contribution in [0.2, 0.25) is 0 Å². The van der Waals surface area contributed by atoms with Gasteiger partial charge in [-0.2, -0.15) is 0 Å². The fraction of sp³-hybridized carbons (Fsp3) is 0.294. The summed E-state index contributed by atoms with van der Waals surface area (Å²) in [5, 5.41) is 0.842. The van der Waals surface area contributed by atoms with Crippen molar-refractivity contribution in [3.05, 3.63) is 110 Å². The standard InChI is InChI=1S/C34H34N4O4/c1-35(23-11-3-4-12-23)19-7-9-21-37-31(39)25-15-17-27-30-28(18-16-26(29(25)30)32(37)40)34(42)38(33(27)41)22-10-8-20-36(2)24-13-5-6-14-24/h3-6,11-18H,7-10,19-22H2,1-2H3. The van der Waals surface area contributed by atoms with Gasteiger partial charge in [-0.1, -0.05) is 0 Å². The third-order valence-electron chi connectivity index (χ3n) is 8.49. The largest absolute Gasteiger partial charge is 0.298 e. The summed E-state index contributed by atoms with van der Waals surface area (Å²) < 4.78 is 0. The fourth-order valence-corrected chi connectivity index (χ4v) is 6.11. The maximum Gasteiger partial charge on any atom is 0.261 e. The van der Waals surface area contributed by atoms with Crippen molar-refractivity contribution in [1.29, 1.82) is 0 Å². The lowest BCUT2D eigenvalue weighted by Gasteiger charge is -2.32. The van der Waals surface area contributed by atoms with Gasteiger partial charge >= 0.3 is 0 Å². The minimum absolute atomic E-state index is 0.309. The van der Waals surface area contributed by atoms with Crippen molar-refractivity contribution in [2.24, 2.45) is 0 Å². The van der Waals surface area contributed by atoms with E-state index in [2.05, 4.69) is 9.80 Å². The molecule has 0 bridgehead atoms. The molecule has 0 spiro atoms. The van der Waals surface area contributed by atoms with Crippen LogP contribution < -0.4 is 0 Å². The Bertz CT molecular complexity index is 1220. The molecule has 0 N–H and O–H groups in total. The van der Waals surface area contributed by atoms with Crippen LogP contribution in [0.3, 0.4) is 0 Å². The molecule has 214 valence electrons. The first-order chi connectivity index (χ1) is 20.4. The van der Waals surface area contributed by atoms with Crippen molar-refractivity contribution in [2.45, 2.75) is 25.7 Å². The van der Waals surface area contributed by atoms with Gasteiger partial charge in [0.05, 0.1) is 0 Å². The molecule has 2 aromatic rings. The molecule has 2 fully saturated rings. The molecule has 4 amide bonds. The highest BCUT2D eigenvalue weighted by molar-refractivity contribution is 6.33. The first kappa shape index (κ1) is 29.0. The van der Waals surface area contributed by atoms with Crippen molar-refractivity contribution in [1.82, 2.24) is 19.6 Å². The first-order valence-electron chi connectivity index (χ1n) is 14.5. The Morgan fingerprint density at radius 2 is 0.810 bits per heavy atom. The van der Waals surface area contributed by atoms with E-state index in [9.17, 15) is 19.2 Å². The van der Waals surface area contributed by atoms with E-state index in [-0.39, 0.29) is 23.6 Å². The molecule has 0 atom stereocenters. The van der Waals surface area contributed by atoms with Crippen molar-refractivity contribution in [2.75, 3.05) is 40.3 Å². The number of rotatable bonds is 12. The highest BCUT2D eigenvalue weighted by Gasteiger charge is 2.39. The van der Waals surface area contributed by atoms with Gasteiger partial charge in [0.25, 0.3) is 23.6 Å². The molecule has 2 aromatic carbocycles. The third-order valence-corrected chi connectivity index (χ3v) is 8.49. The number of nitrogens with zero attached hydrogens (tertiary/aromatic N) is 4. The van der Waals surface area contributed by atoms with E-state index in [1.807, 2.05) is 65.5 Å². The molecule has 8 nitrogen and oxygen atoms in total. The number of hydrogen-bond donors (Lipinski definition) is 0. The topological polar surface area (TPSA) is 81.2 Å². The number of amides is 4. The van der Waals surface area contributed by atoms with Crippen LogP contribution in [0.25, 0.3) is 10.8 Å². The second-order valence-corrected chi connectivity index (χ2v) is 11.1. The minimum Gasteiger partial charge on any atom is -0.298 e. The van der Waals surface area contributed by atoms with E-state index in [4.69, 9.17) is 0 Å². The number of imide groups is 2. The van der Waals surface area contributed by atoms with Crippen molar-refractivity contribution in [3.8, 4) is 0 Å². The molecule has 0 aromatic heterocycles. The molecule has 0 saturated heterocycles. The van der Waals surface area contributed by atoms with Gasteiger partial charge in [0, 0.05) is 58.2 Å². The zero-order valence-corrected chi connectivity index (χ0v) is 24.0. The molecule has 2 heterocycles. The molecule has 4 aliphatic rings. The molecule has 42 heavy (non-hydrogen) atoms. The number of benzene rings is 2. The fourth-order valence-electron chi connectivity index (χ4n) is 6.11. The van der Waals surface area contributed by atoms with Crippen molar-refractivity contribution < 1.29 is 19.2 Å². The van der Waals surface area contributed by atoms with Crippen LogP contribution in [0.15, 0.2) is 24.3 Å². The summed E-state index contributed by atoms with van der Waals surface area (Å²) in [6.07, 6.45) is 19.2. The summed E-state index contributed by atoms with van der Waals surface area (Å²) >= 11 is 0. The Balaban J connectivity index is 1.13. The Hall–Kier alpha value is -3.10. The maximum absolute atomic E-state index is 13.5. The van der Waals surface area contributed by atoms with Crippen LogP contribution in [0.1, 0.15) is 67.1 Å². The van der Waals surface area contributed by atoms with Gasteiger partial charge in [-0.05, 0) is 129 Å². The summed E-state index contributed by atoms with van der Waals surface area (Å²) in [5.74, 6) is -1.51. The number of hydrogen-bond acceptors (Lipinski definition) is 6. The van der Waals surface area contributed by atoms with Gasteiger partial charge < -0.3 is 0 Å². The van der Waals surface area contributed by atoms with E-state index in [0.29, 0.717) is 59.0 Å². The second-order valence-electron chi connectivity index (χ2n) is 11.1. The molecule has 8 heteroatoms. The van der Waals surface area contributed by atoms with E-state index in [1.54, 1.807) is 24.3 Å². The molecule has 6 rings (SSSR count). The summed E-state index contributed by atoms with van der Waals surface area (Å²) in [5.41, 5.74) is 1.46. The number of carbonyl (C=O) groups is 4. The molecule has 2 saturated carbocycles. The average Bonchev–Trinajstić information content (AvgIpc) is 3.73. The minimum atomic E-state index is -0.378. The maximum atomic E-state index is 13.5. The van der Waals surface area contributed by atoms with Gasteiger partial charge in [-0.3, -0.25) is 38.8 Å². The van der Waals surface area contributed by atoms with Gasteiger partial charge in [-0.15, -0.1) is 0 Å². The Kier molecular flexibility index (Phi) is 8.46. The summed E-state index contributed by atoms with van der Waals surface area (Å²) in [7, 11) is 4.05. The quantitative estimate of drug-likeness (QED) is 0.285. The van der Waals surface area contributed by atoms with E-state index < -0.39 is 0 Å². The van der Waals surface area contributed by atoms with Gasteiger partial charge in [0.15, 0.2) is 0 Å². The van der Waals surface area contributed by atoms with Crippen LogP contribution in [-0.2, 0) is 0 Å². The monoisotopic (exact) mass is 562 g/mol. The van der Waals surface area contributed by atoms with Crippen LogP contribution >= 0.6 is 0 Å². The predicted octanol–water partition coefficient (Wildman–Crippen LogP) is 4.18. The summed E-state index contributed by atoms with van der Waals surface area (Å²) in [6, 6.07) is 8.82. The molecule has 0 unspecified atom stereocenters. The zero-order valence-electron chi connectivity index (χ0n) is 24.0. The molecular weight excluding hydrogens is 528 g/mol. The Labute approximate surface area is 249 Å². The van der Waals surface area contributed by atoms with Crippen molar-refractivity contribution >= 4 is 34.4 Å². The zero-order chi connectivity index (χ0) is 29.4. The number of carbonyl (C=O) groups excluding carboxylic acids is 4. The van der Waals surface area contributed by atoms with Crippen LogP contribution in [-0.4, -0.2) is 83.5 Å². The number of unbranched alkanes of at least 4 members (excludes halogenated alkanes) is 2. The van der Waals surface area contributed by atoms with Crippen molar-refractivity contribution in [3.63, 3.8) is 0 Å². The van der Waals surface area contributed by atoms with Gasteiger partial charge in [-0.25, -0.2) is 0 Å². The van der Waals surface area contributed by atoms with Crippen LogP contribution in [0.4, 0.5) is 0 Å². The molecule has 2 aliphatic heterocycles. The summed E-state index contributed by atoms with van der Waals surface area (Å²) in [6.45, 7) is 2.24. The lowest BCUT2D eigenvalue weighted by atomic mass is 9.86.